The first-order valence-electron chi connectivity index (χ1n) is 7.22. The van der Waals surface area contributed by atoms with Crippen LogP contribution in [0.4, 0.5) is 0 Å². The number of likely N-dealkylation sites (tertiary alicyclic amines) is 1. The molecule has 2 heterocycles. The molecule has 5 heteroatoms. The fourth-order valence-electron chi connectivity index (χ4n) is 2.70. The summed E-state index contributed by atoms with van der Waals surface area (Å²) < 4.78 is 5.04. The molecular formula is C15H23N3O2. The molecule has 0 bridgehead atoms. The van der Waals surface area contributed by atoms with E-state index in [1.54, 1.807) is 7.11 Å². The third kappa shape index (κ3) is 3.54. The molecule has 5 nitrogen and oxygen atoms in total. The Labute approximate surface area is 120 Å². The molecule has 0 spiro atoms. The van der Waals surface area contributed by atoms with Gasteiger partial charge in [-0.2, -0.15) is 0 Å². The molecule has 0 unspecified atom stereocenters. The molecule has 1 fully saturated rings. The van der Waals surface area contributed by atoms with Crippen molar-refractivity contribution in [2.24, 2.45) is 5.92 Å². The highest BCUT2D eigenvalue weighted by Gasteiger charge is 2.29. The maximum Gasteiger partial charge on any atom is 0.223 e. The summed E-state index contributed by atoms with van der Waals surface area (Å²) in [7, 11) is 1.66. The van der Waals surface area contributed by atoms with Gasteiger partial charge in [0.2, 0.25) is 5.91 Å². The third-order valence-electron chi connectivity index (χ3n) is 3.80. The van der Waals surface area contributed by atoms with Crippen LogP contribution in [0.3, 0.4) is 0 Å². The number of nitrogens with zero attached hydrogens (tertiary/aromatic N) is 3. The summed E-state index contributed by atoms with van der Waals surface area (Å²) in [6.07, 6.45) is 4.33. The van der Waals surface area contributed by atoms with Crippen molar-refractivity contribution in [1.82, 2.24) is 14.9 Å². The maximum absolute atomic E-state index is 11.9. The number of hydrogen-bond acceptors (Lipinski definition) is 4. The van der Waals surface area contributed by atoms with E-state index < -0.39 is 0 Å². The first-order valence-corrected chi connectivity index (χ1v) is 7.22. The molecule has 0 aromatic carbocycles. The van der Waals surface area contributed by atoms with E-state index in [1.165, 1.54) is 5.56 Å². The Balaban J connectivity index is 2.01. The number of carbonyl (C=O) groups is 1. The Kier molecular flexibility index (Phi) is 5.06. The fourth-order valence-corrected chi connectivity index (χ4v) is 2.70. The number of rotatable bonds is 6. The van der Waals surface area contributed by atoms with Gasteiger partial charge < -0.3 is 9.64 Å². The Morgan fingerprint density at radius 3 is 3.00 bits per heavy atom. The van der Waals surface area contributed by atoms with Gasteiger partial charge >= 0.3 is 0 Å². The summed E-state index contributed by atoms with van der Waals surface area (Å²) in [5.74, 6) is 1.40. The second kappa shape index (κ2) is 6.79. The minimum absolute atomic E-state index is 0.232. The molecule has 0 saturated carbocycles. The van der Waals surface area contributed by atoms with E-state index >= 15 is 0 Å². The molecule has 1 aliphatic rings. The van der Waals surface area contributed by atoms with Crippen LogP contribution in [0.15, 0.2) is 6.20 Å². The van der Waals surface area contributed by atoms with Gasteiger partial charge in [0.05, 0.1) is 6.61 Å². The minimum atomic E-state index is 0.232. The fraction of sp³-hybridized carbons (Fsp3) is 0.667. The lowest BCUT2D eigenvalue weighted by atomic mass is 9.99. The lowest BCUT2D eigenvalue weighted by Crippen LogP contribution is -2.29. The topological polar surface area (TPSA) is 55.3 Å². The standard InChI is InChI=1S/C15H23N3O2/c1-4-13-9-16-11(2)17-14(13)7-12-8-15(19)18(10-12)5-6-20-3/h9,12H,4-8,10H2,1-3H3/t12-/m0/s1. The molecular weight excluding hydrogens is 254 g/mol. The van der Waals surface area contributed by atoms with Crippen LogP contribution in [0, 0.1) is 12.8 Å². The number of aryl methyl sites for hydroxylation is 2. The van der Waals surface area contributed by atoms with Crippen LogP contribution in [-0.2, 0) is 22.4 Å². The van der Waals surface area contributed by atoms with Crippen molar-refractivity contribution in [1.29, 1.82) is 0 Å². The molecule has 0 radical (unpaired) electrons. The summed E-state index contributed by atoms with van der Waals surface area (Å²) in [4.78, 5) is 22.6. The summed E-state index contributed by atoms with van der Waals surface area (Å²) in [6.45, 7) is 6.13. The Morgan fingerprint density at radius 2 is 2.30 bits per heavy atom. The Morgan fingerprint density at radius 1 is 1.50 bits per heavy atom. The second-order valence-corrected chi connectivity index (χ2v) is 5.35. The third-order valence-corrected chi connectivity index (χ3v) is 3.80. The number of amides is 1. The van der Waals surface area contributed by atoms with Gasteiger partial charge in [-0.1, -0.05) is 6.92 Å². The van der Waals surface area contributed by atoms with E-state index in [9.17, 15) is 4.79 Å². The van der Waals surface area contributed by atoms with Crippen LogP contribution in [-0.4, -0.2) is 47.6 Å². The van der Waals surface area contributed by atoms with Crippen LogP contribution in [0.5, 0.6) is 0 Å². The Hall–Kier alpha value is -1.49. The van der Waals surface area contributed by atoms with Crippen LogP contribution >= 0.6 is 0 Å². The van der Waals surface area contributed by atoms with Crippen molar-refractivity contribution in [2.45, 2.75) is 33.1 Å². The predicted octanol–water partition coefficient (Wildman–Crippen LogP) is 1.38. The summed E-state index contributed by atoms with van der Waals surface area (Å²) >= 11 is 0. The quantitative estimate of drug-likeness (QED) is 0.788. The van der Waals surface area contributed by atoms with Crippen molar-refractivity contribution in [2.75, 3.05) is 26.8 Å². The average Bonchev–Trinajstić information content (AvgIpc) is 2.77. The number of carbonyl (C=O) groups excluding carboxylic acids is 1. The van der Waals surface area contributed by atoms with E-state index in [1.807, 2.05) is 18.0 Å². The molecule has 1 saturated heterocycles. The van der Waals surface area contributed by atoms with E-state index in [0.29, 0.717) is 25.5 Å². The first kappa shape index (κ1) is 14.9. The largest absolute Gasteiger partial charge is 0.383 e. The van der Waals surface area contributed by atoms with Gasteiger partial charge in [0.1, 0.15) is 5.82 Å². The molecule has 20 heavy (non-hydrogen) atoms. The van der Waals surface area contributed by atoms with Gasteiger partial charge in [0.15, 0.2) is 0 Å². The SMILES string of the molecule is CCc1cnc(C)nc1C[C@H]1CC(=O)N(CCOC)C1. The smallest absolute Gasteiger partial charge is 0.223 e. The van der Waals surface area contributed by atoms with Crippen molar-refractivity contribution in [3.05, 3.63) is 23.3 Å². The number of ether oxygens (including phenoxy) is 1. The molecule has 1 aromatic rings. The van der Waals surface area contributed by atoms with Crippen molar-refractivity contribution in [3.8, 4) is 0 Å². The van der Waals surface area contributed by atoms with Gasteiger partial charge in [-0.05, 0) is 31.2 Å². The van der Waals surface area contributed by atoms with Crippen LogP contribution in [0.2, 0.25) is 0 Å². The number of aromatic nitrogens is 2. The normalized spacial score (nSPS) is 18.9. The van der Waals surface area contributed by atoms with E-state index in [2.05, 4.69) is 16.9 Å². The molecule has 1 aliphatic heterocycles. The highest BCUT2D eigenvalue weighted by atomic mass is 16.5. The molecule has 110 valence electrons. The predicted molar refractivity (Wildman–Crippen MR) is 76.4 cm³/mol. The van der Waals surface area contributed by atoms with Crippen molar-refractivity contribution in [3.63, 3.8) is 0 Å². The highest BCUT2D eigenvalue weighted by molar-refractivity contribution is 5.78. The van der Waals surface area contributed by atoms with Gasteiger partial charge in [0, 0.05) is 38.5 Å². The molecule has 1 amide bonds. The second-order valence-electron chi connectivity index (χ2n) is 5.35. The summed E-state index contributed by atoms with van der Waals surface area (Å²) in [6, 6.07) is 0. The summed E-state index contributed by atoms with van der Waals surface area (Å²) in [5.41, 5.74) is 2.30. The zero-order valence-electron chi connectivity index (χ0n) is 12.6. The van der Waals surface area contributed by atoms with Crippen LogP contribution in [0.1, 0.15) is 30.4 Å². The lowest BCUT2D eigenvalue weighted by Gasteiger charge is -2.16. The highest BCUT2D eigenvalue weighted by Crippen LogP contribution is 2.22. The average molecular weight is 277 g/mol. The van der Waals surface area contributed by atoms with Crippen LogP contribution < -0.4 is 0 Å². The zero-order chi connectivity index (χ0) is 14.5. The van der Waals surface area contributed by atoms with E-state index in [-0.39, 0.29) is 5.91 Å². The van der Waals surface area contributed by atoms with E-state index in [4.69, 9.17) is 4.74 Å². The maximum atomic E-state index is 11.9. The number of methoxy groups -OCH3 is 1. The van der Waals surface area contributed by atoms with Gasteiger partial charge in [-0.15, -0.1) is 0 Å². The molecule has 0 N–H and O–H groups in total. The molecule has 2 rings (SSSR count). The van der Waals surface area contributed by atoms with Crippen LogP contribution in [0.25, 0.3) is 0 Å². The monoisotopic (exact) mass is 277 g/mol. The first-order chi connectivity index (χ1) is 9.63. The molecule has 1 aromatic heterocycles. The molecule has 0 aliphatic carbocycles. The van der Waals surface area contributed by atoms with E-state index in [0.717, 1.165) is 30.9 Å². The lowest BCUT2D eigenvalue weighted by molar-refractivity contribution is -0.128. The summed E-state index contributed by atoms with van der Waals surface area (Å²) in [5, 5.41) is 0. The van der Waals surface area contributed by atoms with Gasteiger partial charge in [0.25, 0.3) is 0 Å². The number of hydrogen-bond donors (Lipinski definition) is 0. The Bertz CT molecular complexity index is 476. The van der Waals surface area contributed by atoms with Crippen molar-refractivity contribution < 1.29 is 9.53 Å². The zero-order valence-corrected chi connectivity index (χ0v) is 12.6. The molecule has 1 atom stereocenters. The minimum Gasteiger partial charge on any atom is -0.383 e. The van der Waals surface area contributed by atoms with Gasteiger partial charge in [-0.3, -0.25) is 4.79 Å². The van der Waals surface area contributed by atoms with Gasteiger partial charge in [-0.25, -0.2) is 9.97 Å². The van der Waals surface area contributed by atoms with Crippen molar-refractivity contribution >= 4 is 5.91 Å².